The van der Waals surface area contributed by atoms with E-state index < -0.39 is 17.0 Å². The highest BCUT2D eigenvalue weighted by Gasteiger charge is 2.40. The van der Waals surface area contributed by atoms with Crippen molar-refractivity contribution in [1.82, 2.24) is 30.0 Å². The Balaban J connectivity index is 1.55. The van der Waals surface area contributed by atoms with Crippen molar-refractivity contribution in [2.45, 2.75) is 57.0 Å². The quantitative estimate of drug-likeness (QED) is 0.441. The average molecular weight is 587 g/mol. The molecular weight excluding hydrogens is 557 g/mol. The molecule has 0 bridgehead atoms. The van der Waals surface area contributed by atoms with E-state index in [2.05, 4.69) is 42.1 Å². The number of fused-ring (bicyclic) bond motifs is 2. The lowest BCUT2D eigenvalue weighted by Gasteiger charge is -2.31. The number of hydrogen-bond acceptors (Lipinski definition) is 9. The van der Waals surface area contributed by atoms with Gasteiger partial charge in [-0.25, -0.2) is 4.98 Å². The van der Waals surface area contributed by atoms with Gasteiger partial charge in [-0.3, -0.25) is 9.48 Å². The normalized spacial score (nSPS) is 16.7. The van der Waals surface area contributed by atoms with Crippen LogP contribution < -0.4 is 20.7 Å². The maximum atomic E-state index is 14.3. The molecule has 0 aromatic carbocycles. The number of nitrogens with one attached hydrogen (secondary N) is 1. The van der Waals surface area contributed by atoms with E-state index in [4.69, 9.17) is 10.5 Å². The number of alkyl halides is 3. The van der Waals surface area contributed by atoms with Crippen LogP contribution in [-0.4, -0.2) is 51.3 Å². The summed E-state index contributed by atoms with van der Waals surface area (Å²) in [5.74, 6) is 5.75. The summed E-state index contributed by atoms with van der Waals surface area (Å²) in [5.41, 5.74) is 8.25. The molecule has 1 unspecified atom stereocenters. The number of thioether (sulfide) groups is 1. The van der Waals surface area contributed by atoms with Crippen LogP contribution in [0.3, 0.4) is 0 Å². The first-order valence-electron chi connectivity index (χ1n) is 12.9. The van der Waals surface area contributed by atoms with Crippen LogP contribution in [0.4, 0.5) is 24.8 Å². The van der Waals surface area contributed by atoms with Gasteiger partial charge in [-0.05, 0) is 37.8 Å². The van der Waals surface area contributed by atoms with Crippen LogP contribution in [0, 0.1) is 18.8 Å². The molecule has 10 nitrogen and oxygen atoms in total. The molecule has 0 radical (unpaired) electrons. The van der Waals surface area contributed by atoms with Gasteiger partial charge in [-0.1, -0.05) is 5.92 Å². The molecule has 0 saturated heterocycles. The van der Waals surface area contributed by atoms with Gasteiger partial charge in [0.15, 0.2) is 5.69 Å². The number of aromatic nitrogens is 5. The van der Waals surface area contributed by atoms with E-state index in [1.54, 1.807) is 7.05 Å². The number of nitrogens with zero attached hydrogens (tertiary/aromatic N) is 6. The Bertz CT molecular complexity index is 1580. The highest BCUT2D eigenvalue weighted by molar-refractivity contribution is 7.98. The maximum Gasteiger partial charge on any atom is 0.419 e. The first-order chi connectivity index (χ1) is 19.5. The summed E-state index contributed by atoms with van der Waals surface area (Å²) >= 11 is 1.37. The Morgan fingerprint density at radius 3 is 2.73 bits per heavy atom. The molecule has 3 aromatic heterocycles. The van der Waals surface area contributed by atoms with Crippen molar-refractivity contribution < 1.29 is 22.7 Å². The van der Waals surface area contributed by atoms with Crippen LogP contribution in [0.2, 0.25) is 0 Å². The van der Waals surface area contributed by atoms with Crippen molar-refractivity contribution in [2.75, 3.05) is 31.3 Å². The summed E-state index contributed by atoms with van der Waals surface area (Å²) in [7, 11) is 3.03. The fraction of sp³-hybridized carbons (Fsp3) is 0.444. The Morgan fingerprint density at radius 2 is 2.05 bits per heavy atom. The summed E-state index contributed by atoms with van der Waals surface area (Å²) in [6.07, 6.45) is -3.70. The molecule has 5 heterocycles. The Hall–Kier alpha value is -3.99. The highest BCUT2D eigenvalue weighted by Crippen LogP contribution is 2.47. The topological polar surface area (TPSA) is 124 Å². The van der Waals surface area contributed by atoms with Gasteiger partial charge >= 0.3 is 12.2 Å². The Morgan fingerprint density at radius 1 is 1.27 bits per heavy atom. The number of hydrogen-bond donors (Lipinski definition) is 2. The average Bonchev–Trinajstić information content (AvgIpc) is 3.10. The van der Waals surface area contributed by atoms with Gasteiger partial charge in [-0.15, -0.1) is 11.8 Å². The third-order valence-electron chi connectivity index (χ3n) is 7.18. The SMILES string of the molecule is CC#Cc1nc(N)cc(C2Cc3nc(OC)nc(N4CCCn5nc(C(=O)NC)c(C)c5C4)c3CS2)c1C(F)(F)F. The molecule has 3 aromatic rings. The maximum absolute atomic E-state index is 14.3. The number of nitrogen functional groups attached to an aromatic ring is 1. The molecule has 0 spiro atoms. The molecule has 0 saturated carbocycles. The predicted octanol–water partition coefficient (Wildman–Crippen LogP) is 3.66. The zero-order chi connectivity index (χ0) is 29.5. The number of rotatable bonds is 4. The van der Waals surface area contributed by atoms with Crippen molar-refractivity contribution in [3.63, 3.8) is 0 Å². The van der Waals surface area contributed by atoms with Gasteiger partial charge < -0.3 is 20.7 Å². The van der Waals surface area contributed by atoms with Crippen LogP contribution in [0.1, 0.15) is 68.4 Å². The summed E-state index contributed by atoms with van der Waals surface area (Å²) in [4.78, 5) is 27.6. The largest absolute Gasteiger partial charge is 0.467 e. The molecule has 1 atom stereocenters. The van der Waals surface area contributed by atoms with Crippen LogP contribution in [-0.2, 0) is 31.4 Å². The summed E-state index contributed by atoms with van der Waals surface area (Å²) < 4.78 is 50.1. The molecular formula is C27H29F3N8O2S. The number of carbonyl (C=O) groups excluding carboxylic acids is 1. The molecule has 14 heteroatoms. The van der Waals surface area contributed by atoms with Crippen LogP contribution in [0.15, 0.2) is 6.07 Å². The van der Waals surface area contributed by atoms with Gasteiger partial charge in [-0.2, -0.15) is 28.2 Å². The smallest absolute Gasteiger partial charge is 0.419 e. The van der Waals surface area contributed by atoms with Gasteiger partial charge in [0.25, 0.3) is 5.91 Å². The number of amides is 1. The summed E-state index contributed by atoms with van der Waals surface area (Å²) in [6, 6.07) is 1.42. The zero-order valence-corrected chi connectivity index (χ0v) is 23.8. The van der Waals surface area contributed by atoms with Gasteiger partial charge in [0, 0.05) is 48.7 Å². The van der Waals surface area contributed by atoms with E-state index >= 15 is 0 Å². The Labute approximate surface area is 239 Å². The van der Waals surface area contributed by atoms with E-state index in [0.717, 1.165) is 23.2 Å². The van der Waals surface area contributed by atoms with Crippen molar-refractivity contribution in [2.24, 2.45) is 0 Å². The number of anilines is 2. The molecule has 0 fully saturated rings. The zero-order valence-electron chi connectivity index (χ0n) is 23.0. The minimum atomic E-state index is -4.66. The van der Waals surface area contributed by atoms with Crippen LogP contribution in [0.25, 0.3) is 0 Å². The van der Waals surface area contributed by atoms with Gasteiger partial charge in [0.05, 0.1) is 30.6 Å². The molecule has 0 aliphatic carbocycles. The van der Waals surface area contributed by atoms with Crippen molar-refractivity contribution in [3.05, 3.63) is 51.1 Å². The van der Waals surface area contributed by atoms with E-state index in [0.29, 0.717) is 42.6 Å². The van der Waals surface area contributed by atoms with Gasteiger partial charge in [0.2, 0.25) is 0 Å². The van der Waals surface area contributed by atoms with Crippen molar-refractivity contribution >= 4 is 29.3 Å². The van der Waals surface area contributed by atoms with Crippen molar-refractivity contribution in [1.29, 1.82) is 0 Å². The van der Waals surface area contributed by atoms with Crippen LogP contribution >= 0.6 is 11.8 Å². The fourth-order valence-corrected chi connectivity index (χ4v) is 6.59. The van der Waals surface area contributed by atoms with E-state index in [1.165, 1.54) is 31.9 Å². The predicted molar refractivity (Wildman–Crippen MR) is 149 cm³/mol. The fourth-order valence-electron chi connectivity index (χ4n) is 5.29. The standard InChI is InChI=1S/C27H29F3N8O2S/c1-5-7-17-22(27(28,29)30)15(10-21(31)33-17)20-11-18-16(13-41-20)24(35-26(34-18)40-4)37-8-6-9-38-19(12-37)14(2)23(36-38)25(39)32-3/h10,20H,6,8-9,11-13H2,1-4H3,(H2,31,33)(H,32,39). The second kappa shape index (κ2) is 11.1. The molecule has 41 heavy (non-hydrogen) atoms. The molecule has 1 amide bonds. The highest BCUT2D eigenvalue weighted by atomic mass is 32.2. The molecule has 2 aliphatic rings. The number of aryl methyl sites for hydroxylation is 1. The third kappa shape index (κ3) is 5.38. The number of pyridine rings is 1. The summed E-state index contributed by atoms with van der Waals surface area (Å²) in [5, 5.41) is 6.58. The lowest BCUT2D eigenvalue weighted by atomic mass is 9.97. The molecule has 2 aliphatic heterocycles. The number of methoxy groups -OCH3 is 1. The number of halogens is 3. The van der Waals surface area contributed by atoms with Crippen molar-refractivity contribution in [3.8, 4) is 17.9 Å². The van der Waals surface area contributed by atoms with Crippen LogP contribution in [0.5, 0.6) is 6.01 Å². The molecule has 216 valence electrons. The monoisotopic (exact) mass is 586 g/mol. The third-order valence-corrected chi connectivity index (χ3v) is 8.46. The minimum absolute atomic E-state index is 0.0224. The first kappa shape index (κ1) is 28.5. The number of carbonyl (C=O) groups is 1. The van der Waals surface area contributed by atoms with E-state index in [1.807, 2.05) is 11.6 Å². The lowest BCUT2D eigenvalue weighted by molar-refractivity contribution is -0.138. The molecule has 5 rings (SSSR count). The second-order valence-corrected chi connectivity index (χ2v) is 10.9. The van der Waals surface area contributed by atoms with E-state index in [-0.39, 0.29) is 35.4 Å². The number of ether oxygens (including phenoxy) is 1. The molecule has 3 N–H and O–H groups in total. The summed E-state index contributed by atoms with van der Waals surface area (Å²) in [6.45, 7) is 5.08. The van der Waals surface area contributed by atoms with Gasteiger partial charge in [0.1, 0.15) is 17.3 Å². The minimum Gasteiger partial charge on any atom is -0.467 e. The second-order valence-electron chi connectivity index (χ2n) is 9.69. The first-order valence-corrected chi connectivity index (χ1v) is 14.0. The Kier molecular flexibility index (Phi) is 7.74. The van der Waals surface area contributed by atoms with E-state index in [9.17, 15) is 18.0 Å². The number of nitrogens with two attached hydrogens (primary N) is 1. The lowest BCUT2D eigenvalue weighted by Crippen LogP contribution is -2.28.